The molecule has 4 heteroatoms. The molecular formula is C16H22N2S2. The first-order valence-corrected chi connectivity index (χ1v) is 9.20. The number of nitrogens with zero attached hydrogens (tertiary/aromatic N) is 2. The first-order chi connectivity index (χ1) is 9.76. The molecule has 2 aromatic heterocycles. The Hall–Kier alpha value is -0.710. The zero-order valence-electron chi connectivity index (χ0n) is 12.3. The molecule has 0 saturated carbocycles. The van der Waals surface area contributed by atoms with Gasteiger partial charge >= 0.3 is 0 Å². The van der Waals surface area contributed by atoms with E-state index in [1.807, 2.05) is 11.3 Å². The smallest absolute Gasteiger partial charge is 0.0975 e. The molecule has 0 aromatic carbocycles. The Bertz CT molecular complexity index is 537. The highest BCUT2D eigenvalue weighted by Gasteiger charge is 2.23. The van der Waals surface area contributed by atoms with Crippen LogP contribution in [-0.4, -0.2) is 30.0 Å². The third kappa shape index (κ3) is 3.13. The van der Waals surface area contributed by atoms with Gasteiger partial charge in [0, 0.05) is 11.3 Å². The standard InChI is InChI=1S/C16H22N2S2/c1-3-14-16(13-4-7-18(2)8-5-13)20-15(17-14)10-12-6-9-19-11-12/h6,9,11,13H,3-5,7-8,10H2,1-2H3. The Kier molecular flexibility index (Phi) is 4.54. The molecule has 3 rings (SSSR count). The van der Waals surface area contributed by atoms with Crippen LogP contribution >= 0.6 is 22.7 Å². The monoisotopic (exact) mass is 306 g/mol. The quantitative estimate of drug-likeness (QED) is 0.843. The summed E-state index contributed by atoms with van der Waals surface area (Å²) in [4.78, 5) is 8.92. The van der Waals surface area contributed by atoms with Crippen molar-refractivity contribution in [1.29, 1.82) is 0 Å². The lowest BCUT2D eigenvalue weighted by molar-refractivity contribution is 0.256. The summed E-state index contributed by atoms with van der Waals surface area (Å²) in [5.41, 5.74) is 2.76. The molecule has 1 aliphatic rings. The van der Waals surface area contributed by atoms with Gasteiger partial charge in [0.15, 0.2) is 0 Å². The minimum absolute atomic E-state index is 0.745. The van der Waals surface area contributed by atoms with Gasteiger partial charge in [-0.1, -0.05) is 6.92 Å². The zero-order chi connectivity index (χ0) is 13.9. The summed E-state index contributed by atoms with van der Waals surface area (Å²) in [5.74, 6) is 0.745. The second kappa shape index (κ2) is 6.37. The molecule has 0 atom stereocenters. The van der Waals surface area contributed by atoms with Crippen LogP contribution < -0.4 is 0 Å². The molecule has 1 fully saturated rings. The van der Waals surface area contributed by atoms with E-state index in [2.05, 4.69) is 35.7 Å². The van der Waals surface area contributed by atoms with E-state index in [0.717, 1.165) is 18.8 Å². The van der Waals surface area contributed by atoms with Crippen molar-refractivity contribution in [2.45, 2.75) is 38.5 Å². The molecule has 0 unspecified atom stereocenters. The van der Waals surface area contributed by atoms with Crippen LogP contribution in [0.5, 0.6) is 0 Å². The van der Waals surface area contributed by atoms with Gasteiger partial charge in [-0.05, 0) is 67.7 Å². The van der Waals surface area contributed by atoms with Crippen LogP contribution in [0.15, 0.2) is 16.8 Å². The molecule has 0 aliphatic carbocycles. The normalized spacial score (nSPS) is 17.7. The number of thiazole rings is 1. The topological polar surface area (TPSA) is 16.1 Å². The first-order valence-electron chi connectivity index (χ1n) is 7.44. The molecule has 0 radical (unpaired) electrons. The molecule has 0 bridgehead atoms. The largest absolute Gasteiger partial charge is 0.306 e. The lowest BCUT2D eigenvalue weighted by Gasteiger charge is -2.28. The van der Waals surface area contributed by atoms with E-state index < -0.39 is 0 Å². The average molecular weight is 307 g/mol. The van der Waals surface area contributed by atoms with Gasteiger partial charge in [0.1, 0.15) is 0 Å². The van der Waals surface area contributed by atoms with Crippen LogP contribution in [0.1, 0.15) is 46.8 Å². The lowest BCUT2D eigenvalue weighted by atomic mass is 9.94. The number of aryl methyl sites for hydroxylation is 1. The Morgan fingerprint density at radius 2 is 2.15 bits per heavy atom. The summed E-state index contributed by atoms with van der Waals surface area (Å²) in [6.07, 6.45) is 4.67. The van der Waals surface area contributed by atoms with E-state index in [1.165, 1.54) is 42.2 Å². The summed E-state index contributed by atoms with van der Waals surface area (Å²) < 4.78 is 0. The van der Waals surface area contributed by atoms with Crippen LogP contribution in [0.2, 0.25) is 0 Å². The summed E-state index contributed by atoms with van der Waals surface area (Å²) in [5, 5.41) is 5.69. The molecule has 108 valence electrons. The van der Waals surface area contributed by atoms with E-state index >= 15 is 0 Å². The van der Waals surface area contributed by atoms with Crippen LogP contribution in [0.3, 0.4) is 0 Å². The Balaban J connectivity index is 1.78. The first kappa shape index (κ1) is 14.2. The number of piperidine rings is 1. The van der Waals surface area contributed by atoms with Crippen molar-refractivity contribution in [2.75, 3.05) is 20.1 Å². The summed E-state index contributed by atoms with van der Waals surface area (Å²) in [6, 6.07) is 2.22. The van der Waals surface area contributed by atoms with Gasteiger partial charge in [-0.15, -0.1) is 11.3 Å². The highest BCUT2D eigenvalue weighted by molar-refractivity contribution is 7.12. The maximum absolute atomic E-state index is 4.91. The summed E-state index contributed by atoms with van der Waals surface area (Å²) in [7, 11) is 2.23. The molecule has 2 aromatic rings. The van der Waals surface area contributed by atoms with Gasteiger partial charge in [0.25, 0.3) is 0 Å². The van der Waals surface area contributed by atoms with Crippen molar-refractivity contribution in [3.05, 3.63) is 38.0 Å². The number of thiophene rings is 1. The molecule has 1 aliphatic heterocycles. The average Bonchev–Trinajstić information content (AvgIpc) is 3.09. The number of hydrogen-bond donors (Lipinski definition) is 0. The third-order valence-electron chi connectivity index (χ3n) is 4.13. The van der Waals surface area contributed by atoms with Gasteiger partial charge in [0.05, 0.1) is 10.7 Å². The van der Waals surface area contributed by atoms with Crippen molar-refractivity contribution < 1.29 is 0 Å². The van der Waals surface area contributed by atoms with Crippen molar-refractivity contribution in [3.8, 4) is 0 Å². The van der Waals surface area contributed by atoms with Crippen molar-refractivity contribution in [2.24, 2.45) is 0 Å². The number of aromatic nitrogens is 1. The van der Waals surface area contributed by atoms with E-state index in [9.17, 15) is 0 Å². The minimum Gasteiger partial charge on any atom is -0.306 e. The summed E-state index contributed by atoms with van der Waals surface area (Å²) in [6.45, 7) is 4.69. The van der Waals surface area contributed by atoms with Crippen molar-refractivity contribution in [3.63, 3.8) is 0 Å². The minimum atomic E-state index is 0.745. The molecule has 2 nitrogen and oxygen atoms in total. The molecule has 1 saturated heterocycles. The van der Waals surface area contributed by atoms with Crippen molar-refractivity contribution in [1.82, 2.24) is 9.88 Å². The third-order valence-corrected chi connectivity index (χ3v) is 6.12. The van der Waals surface area contributed by atoms with Gasteiger partial charge in [-0.2, -0.15) is 11.3 Å². The molecule has 20 heavy (non-hydrogen) atoms. The fourth-order valence-electron chi connectivity index (χ4n) is 2.90. The van der Waals surface area contributed by atoms with E-state index in [-0.39, 0.29) is 0 Å². The molecular weight excluding hydrogens is 284 g/mol. The second-order valence-electron chi connectivity index (χ2n) is 5.66. The fourth-order valence-corrected chi connectivity index (χ4v) is 4.93. The van der Waals surface area contributed by atoms with Crippen molar-refractivity contribution >= 4 is 22.7 Å². The number of likely N-dealkylation sites (tertiary alicyclic amines) is 1. The Labute approximate surface area is 129 Å². The van der Waals surface area contributed by atoms with Crippen LogP contribution in [-0.2, 0) is 12.8 Å². The highest BCUT2D eigenvalue weighted by atomic mass is 32.1. The van der Waals surface area contributed by atoms with E-state index in [1.54, 1.807) is 16.2 Å². The van der Waals surface area contributed by atoms with Gasteiger partial charge in [-0.25, -0.2) is 4.98 Å². The van der Waals surface area contributed by atoms with Gasteiger partial charge in [-0.3, -0.25) is 0 Å². The van der Waals surface area contributed by atoms with E-state index in [4.69, 9.17) is 4.98 Å². The molecule has 0 amide bonds. The lowest BCUT2D eigenvalue weighted by Crippen LogP contribution is -2.29. The van der Waals surface area contributed by atoms with Crippen LogP contribution in [0, 0.1) is 0 Å². The summed E-state index contributed by atoms with van der Waals surface area (Å²) >= 11 is 3.74. The zero-order valence-corrected chi connectivity index (χ0v) is 13.9. The molecule has 0 N–H and O–H groups in total. The second-order valence-corrected chi connectivity index (χ2v) is 7.55. The van der Waals surface area contributed by atoms with Gasteiger partial charge in [0.2, 0.25) is 0 Å². The Morgan fingerprint density at radius 3 is 2.80 bits per heavy atom. The molecule has 0 spiro atoms. The van der Waals surface area contributed by atoms with Gasteiger partial charge < -0.3 is 4.90 Å². The SMILES string of the molecule is CCc1nc(Cc2ccsc2)sc1C1CCN(C)CC1. The number of hydrogen-bond acceptors (Lipinski definition) is 4. The predicted octanol–water partition coefficient (Wildman–Crippen LogP) is 4.17. The maximum atomic E-state index is 4.91. The Morgan fingerprint density at radius 1 is 1.35 bits per heavy atom. The molecule has 3 heterocycles. The maximum Gasteiger partial charge on any atom is 0.0975 e. The number of rotatable bonds is 4. The van der Waals surface area contributed by atoms with Crippen LogP contribution in [0.25, 0.3) is 0 Å². The van der Waals surface area contributed by atoms with Crippen LogP contribution in [0.4, 0.5) is 0 Å². The predicted molar refractivity (Wildman–Crippen MR) is 88.1 cm³/mol. The fraction of sp³-hybridized carbons (Fsp3) is 0.562. The highest BCUT2D eigenvalue weighted by Crippen LogP contribution is 2.35. The van der Waals surface area contributed by atoms with E-state index in [0.29, 0.717) is 0 Å².